The van der Waals surface area contributed by atoms with E-state index in [2.05, 4.69) is 20.5 Å². The van der Waals surface area contributed by atoms with Crippen LogP contribution in [-0.4, -0.2) is 31.2 Å². The first-order chi connectivity index (χ1) is 15.1. The average Bonchev–Trinajstić information content (AvgIpc) is 3.44. The van der Waals surface area contributed by atoms with Crippen molar-refractivity contribution in [3.05, 3.63) is 89.6 Å². The zero-order chi connectivity index (χ0) is 21.6. The molecule has 0 N–H and O–H groups in total. The van der Waals surface area contributed by atoms with Gasteiger partial charge in [0, 0.05) is 11.6 Å². The smallest absolute Gasteiger partial charge is 0.331 e. The van der Waals surface area contributed by atoms with E-state index in [0.717, 1.165) is 16.7 Å². The van der Waals surface area contributed by atoms with Gasteiger partial charge in [0.1, 0.15) is 5.69 Å². The molecule has 2 aromatic heterocycles. The van der Waals surface area contributed by atoms with Crippen molar-refractivity contribution in [3.63, 3.8) is 0 Å². The minimum atomic E-state index is -0.683. The zero-order valence-electron chi connectivity index (χ0n) is 17.2. The maximum absolute atomic E-state index is 12.2. The van der Waals surface area contributed by atoms with Gasteiger partial charge in [-0.3, -0.25) is 0 Å². The highest BCUT2D eigenvalue weighted by atomic mass is 16.6. The molecule has 4 rings (SSSR count). The van der Waals surface area contributed by atoms with Crippen LogP contribution in [-0.2, 0) is 16.1 Å². The van der Waals surface area contributed by atoms with Crippen LogP contribution in [0, 0.1) is 6.92 Å². The van der Waals surface area contributed by atoms with Gasteiger partial charge in [-0.2, -0.15) is 0 Å². The number of aryl methyl sites for hydroxylation is 1. The fourth-order valence-corrected chi connectivity index (χ4v) is 2.87. The highest BCUT2D eigenvalue weighted by molar-refractivity contribution is 5.86. The normalized spacial score (nSPS) is 12.2. The first-order valence-corrected chi connectivity index (χ1v) is 9.80. The van der Waals surface area contributed by atoms with Gasteiger partial charge < -0.3 is 9.15 Å². The van der Waals surface area contributed by atoms with Gasteiger partial charge in [0.25, 0.3) is 5.89 Å². The molecule has 8 nitrogen and oxygen atoms in total. The third-order valence-corrected chi connectivity index (χ3v) is 4.51. The maximum Gasteiger partial charge on any atom is 0.331 e. The molecule has 0 aliphatic rings. The number of benzene rings is 2. The SMILES string of the molecule is Cc1ccc(-c2nnc([C@@H](C)OC(=O)/C=C/c3cn(Cc4ccccc4)nn3)o2)cc1. The molecule has 1 atom stereocenters. The standard InChI is InChI=1S/C23H21N5O3/c1-16-8-10-19(11-9-16)23-26-25-22(31-23)17(2)30-21(29)13-12-20-15-28(27-24-20)14-18-6-4-3-5-7-18/h3-13,15,17H,14H2,1-2H3/b13-12+/t17-/m1/s1. The van der Waals surface area contributed by atoms with Crippen molar-refractivity contribution in [1.82, 2.24) is 25.2 Å². The number of hydrogen-bond donors (Lipinski definition) is 0. The number of hydrogen-bond acceptors (Lipinski definition) is 7. The third kappa shape index (κ3) is 5.30. The largest absolute Gasteiger partial charge is 0.449 e. The second-order valence-corrected chi connectivity index (χ2v) is 7.05. The first-order valence-electron chi connectivity index (χ1n) is 9.80. The highest BCUT2D eigenvalue weighted by Crippen LogP contribution is 2.22. The molecule has 8 heteroatoms. The number of rotatable bonds is 7. The molecule has 0 unspecified atom stereocenters. The fourth-order valence-electron chi connectivity index (χ4n) is 2.87. The molecule has 0 saturated carbocycles. The summed E-state index contributed by atoms with van der Waals surface area (Å²) in [4.78, 5) is 12.2. The molecule has 0 fully saturated rings. The summed E-state index contributed by atoms with van der Waals surface area (Å²) >= 11 is 0. The first kappa shape index (κ1) is 20.2. The van der Waals surface area contributed by atoms with Crippen molar-refractivity contribution in [2.45, 2.75) is 26.5 Å². The van der Waals surface area contributed by atoms with Crippen molar-refractivity contribution < 1.29 is 13.9 Å². The molecule has 4 aromatic rings. The number of nitrogens with zero attached hydrogens (tertiary/aromatic N) is 5. The van der Waals surface area contributed by atoms with Gasteiger partial charge in [-0.1, -0.05) is 53.2 Å². The van der Waals surface area contributed by atoms with Gasteiger partial charge in [-0.05, 0) is 37.6 Å². The summed E-state index contributed by atoms with van der Waals surface area (Å²) in [6, 6.07) is 17.6. The van der Waals surface area contributed by atoms with Gasteiger partial charge in [-0.15, -0.1) is 15.3 Å². The number of carbonyl (C=O) groups excluding carboxylic acids is 1. The Labute approximate surface area is 179 Å². The van der Waals surface area contributed by atoms with Gasteiger partial charge in [0.15, 0.2) is 6.10 Å². The van der Waals surface area contributed by atoms with Crippen molar-refractivity contribution in [1.29, 1.82) is 0 Å². The van der Waals surface area contributed by atoms with Crippen LogP contribution >= 0.6 is 0 Å². The van der Waals surface area contributed by atoms with E-state index >= 15 is 0 Å². The van der Waals surface area contributed by atoms with Crippen LogP contribution in [0.4, 0.5) is 0 Å². The van der Waals surface area contributed by atoms with Crippen LogP contribution in [0.2, 0.25) is 0 Å². The van der Waals surface area contributed by atoms with Crippen LogP contribution in [0.3, 0.4) is 0 Å². The molecule has 0 radical (unpaired) electrons. The molecular weight excluding hydrogens is 394 g/mol. The Kier molecular flexibility index (Phi) is 5.98. The molecule has 31 heavy (non-hydrogen) atoms. The zero-order valence-corrected chi connectivity index (χ0v) is 17.2. The number of carbonyl (C=O) groups is 1. The Hall–Kier alpha value is -4.07. The molecule has 0 amide bonds. The summed E-state index contributed by atoms with van der Waals surface area (Å²) in [7, 11) is 0. The Morgan fingerprint density at radius 2 is 1.87 bits per heavy atom. The van der Waals surface area contributed by atoms with E-state index < -0.39 is 12.1 Å². The second kappa shape index (κ2) is 9.17. The minimum Gasteiger partial charge on any atom is -0.449 e. The Balaban J connectivity index is 1.33. The summed E-state index contributed by atoms with van der Waals surface area (Å²) < 4.78 is 12.7. The van der Waals surface area contributed by atoms with Crippen LogP contribution in [0.15, 0.2) is 71.3 Å². The summed E-state index contributed by atoms with van der Waals surface area (Å²) in [5.41, 5.74) is 3.61. The quantitative estimate of drug-likeness (QED) is 0.332. The molecule has 0 spiro atoms. The van der Waals surface area contributed by atoms with Crippen LogP contribution in [0.5, 0.6) is 0 Å². The lowest BCUT2D eigenvalue weighted by Crippen LogP contribution is -2.06. The molecule has 2 aromatic carbocycles. The average molecular weight is 415 g/mol. The summed E-state index contributed by atoms with van der Waals surface area (Å²) in [5.74, 6) is 0.0646. The van der Waals surface area contributed by atoms with Crippen molar-refractivity contribution in [3.8, 4) is 11.5 Å². The van der Waals surface area contributed by atoms with E-state index in [1.165, 1.54) is 6.08 Å². The topological polar surface area (TPSA) is 95.9 Å². The minimum absolute atomic E-state index is 0.228. The monoisotopic (exact) mass is 415 g/mol. The van der Waals surface area contributed by atoms with Crippen LogP contribution < -0.4 is 0 Å². The predicted molar refractivity (Wildman–Crippen MR) is 114 cm³/mol. The van der Waals surface area contributed by atoms with Crippen molar-refractivity contribution >= 4 is 12.0 Å². The Morgan fingerprint density at radius 3 is 2.65 bits per heavy atom. The molecular formula is C23H21N5O3. The van der Waals surface area contributed by atoms with Crippen LogP contribution in [0.1, 0.15) is 35.7 Å². The molecule has 0 aliphatic heterocycles. The molecule has 0 saturated heterocycles. The molecule has 0 bridgehead atoms. The molecule has 0 aliphatic carbocycles. The molecule has 2 heterocycles. The Morgan fingerprint density at radius 1 is 1.10 bits per heavy atom. The van der Waals surface area contributed by atoms with E-state index in [1.807, 2.05) is 61.5 Å². The van der Waals surface area contributed by atoms with E-state index in [0.29, 0.717) is 18.1 Å². The van der Waals surface area contributed by atoms with E-state index in [1.54, 1.807) is 23.9 Å². The van der Waals surface area contributed by atoms with Gasteiger partial charge in [-0.25, -0.2) is 9.48 Å². The number of ether oxygens (including phenoxy) is 1. The van der Waals surface area contributed by atoms with Gasteiger partial charge in [0.05, 0.1) is 12.7 Å². The summed E-state index contributed by atoms with van der Waals surface area (Å²) in [6.45, 7) is 4.28. The summed E-state index contributed by atoms with van der Waals surface area (Å²) in [6.07, 6.45) is 3.92. The lowest BCUT2D eigenvalue weighted by molar-refractivity contribution is -0.143. The predicted octanol–water partition coefficient (Wildman–Crippen LogP) is 4.00. The highest BCUT2D eigenvalue weighted by Gasteiger charge is 2.18. The van der Waals surface area contributed by atoms with E-state index in [9.17, 15) is 4.79 Å². The third-order valence-electron chi connectivity index (χ3n) is 4.51. The number of aromatic nitrogens is 5. The van der Waals surface area contributed by atoms with Gasteiger partial charge >= 0.3 is 5.97 Å². The van der Waals surface area contributed by atoms with E-state index in [-0.39, 0.29) is 5.89 Å². The Bertz CT molecular complexity index is 1180. The maximum atomic E-state index is 12.2. The van der Waals surface area contributed by atoms with E-state index in [4.69, 9.17) is 9.15 Å². The molecule has 156 valence electrons. The second-order valence-electron chi connectivity index (χ2n) is 7.05. The van der Waals surface area contributed by atoms with Crippen LogP contribution in [0.25, 0.3) is 17.5 Å². The van der Waals surface area contributed by atoms with Crippen molar-refractivity contribution in [2.24, 2.45) is 0 Å². The lowest BCUT2D eigenvalue weighted by atomic mass is 10.1. The fraction of sp³-hybridized carbons (Fsp3) is 0.174. The summed E-state index contributed by atoms with van der Waals surface area (Å²) in [5, 5.41) is 16.1. The van der Waals surface area contributed by atoms with Crippen molar-refractivity contribution in [2.75, 3.05) is 0 Å². The van der Waals surface area contributed by atoms with Gasteiger partial charge in [0.2, 0.25) is 5.89 Å². The number of esters is 1. The lowest BCUT2D eigenvalue weighted by Gasteiger charge is -2.06.